The highest BCUT2D eigenvalue weighted by Crippen LogP contribution is 2.32. The standard InChI is InChI=1S/C23H20FN3O3S/c1-2-29-17-10-11-19-21(13-17)31-23(26-19)27(14-16-7-5-6-12-25-16)22(28)15-30-20-9-4-3-8-18(20)24/h3-13H,2,14-15H2,1H3. The summed E-state index contributed by atoms with van der Waals surface area (Å²) in [6.45, 7) is 2.38. The van der Waals surface area contributed by atoms with Crippen LogP contribution >= 0.6 is 11.3 Å². The number of pyridine rings is 1. The Hall–Kier alpha value is -3.52. The van der Waals surface area contributed by atoms with Gasteiger partial charge in [-0.3, -0.25) is 14.7 Å². The second-order valence-corrected chi connectivity index (χ2v) is 7.59. The number of rotatable bonds is 8. The van der Waals surface area contributed by atoms with Crippen molar-refractivity contribution in [1.82, 2.24) is 9.97 Å². The number of carbonyl (C=O) groups excluding carboxylic acids is 1. The van der Waals surface area contributed by atoms with Gasteiger partial charge >= 0.3 is 0 Å². The maximum absolute atomic E-state index is 13.9. The second-order valence-electron chi connectivity index (χ2n) is 6.58. The molecule has 0 spiro atoms. The number of para-hydroxylation sites is 1. The highest BCUT2D eigenvalue weighted by atomic mass is 32.1. The normalized spacial score (nSPS) is 10.8. The first kappa shape index (κ1) is 20.7. The molecule has 1 amide bonds. The summed E-state index contributed by atoms with van der Waals surface area (Å²) >= 11 is 1.37. The molecule has 0 saturated heterocycles. The molecule has 4 aromatic rings. The smallest absolute Gasteiger partial charge is 0.267 e. The molecule has 4 rings (SSSR count). The van der Waals surface area contributed by atoms with E-state index in [1.165, 1.54) is 28.4 Å². The van der Waals surface area contributed by atoms with Crippen molar-refractivity contribution in [3.8, 4) is 11.5 Å². The second kappa shape index (κ2) is 9.53. The first-order valence-corrected chi connectivity index (χ1v) is 10.6. The lowest BCUT2D eigenvalue weighted by Crippen LogP contribution is -2.34. The molecular formula is C23H20FN3O3S. The quantitative estimate of drug-likeness (QED) is 0.395. The minimum atomic E-state index is -0.519. The third-order valence-electron chi connectivity index (χ3n) is 4.43. The number of anilines is 1. The molecule has 0 radical (unpaired) electrons. The van der Waals surface area contributed by atoms with E-state index in [1.807, 2.05) is 43.3 Å². The van der Waals surface area contributed by atoms with Crippen LogP contribution in [-0.2, 0) is 11.3 Å². The number of amides is 1. The summed E-state index contributed by atoms with van der Waals surface area (Å²) in [6, 6.07) is 17.1. The van der Waals surface area contributed by atoms with Crippen LogP contribution in [0.25, 0.3) is 10.2 Å². The Morgan fingerprint density at radius 1 is 1.10 bits per heavy atom. The van der Waals surface area contributed by atoms with Crippen molar-refractivity contribution in [3.63, 3.8) is 0 Å². The van der Waals surface area contributed by atoms with Gasteiger partial charge in [-0.1, -0.05) is 29.5 Å². The van der Waals surface area contributed by atoms with Crippen LogP contribution < -0.4 is 14.4 Å². The molecule has 0 fully saturated rings. The number of benzene rings is 2. The van der Waals surface area contributed by atoms with Crippen molar-refractivity contribution in [3.05, 3.63) is 78.4 Å². The fourth-order valence-electron chi connectivity index (χ4n) is 2.96. The van der Waals surface area contributed by atoms with Gasteiger partial charge in [0, 0.05) is 6.20 Å². The molecule has 0 bridgehead atoms. The lowest BCUT2D eigenvalue weighted by atomic mass is 10.3. The molecular weight excluding hydrogens is 417 g/mol. The minimum Gasteiger partial charge on any atom is -0.494 e. The summed E-state index contributed by atoms with van der Waals surface area (Å²) < 4.78 is 25.8. The Balaban J connectivity index is 1.61. The fraction of sp³-hybridized carbons (Fsp3) is 0.174. The van der Waals surface area contributed by atoms with Crippen LogP contribution in [0.4, 0.5) is 9.52 Å². The zero-order valence-electron chi connectivity index (χ0n) is 16.8. The van der Waals surface area contributed by atoms with E-state index in [0.717, 1.165) is 16.0 Å². The van der Waals surface area contributed by atoms with Crippen molar-refractivity contribution in [2.45, 2.75) is 13.5 Å². The Morgan fingerprint density at radius 2 is 1.94 bits per heavy atom. The van der Waals surface area contributed by atoms with Crippen molar-refractivity contribution in [2.75, 3.05) is 18.1 Å². The average Bonchev–Trinajstić information content (AvgIpc) is 3.21. The highest BCUT2D eigenvalue weighted by molar-refractivity contribution is 7.22. The maximum atomic E-state index is 13.9. The largest absolute Gasteiger partial charge is 0.494 e. The molecule has 0 N–H and O–H groups in total. The molecule has 0 unspecified atom stereocenters. The Kier molecular flexibility index (Phi) is 6.37. The van der Waals surface area contributed by atoms with Gasteiger partial charge in [0.25, 0.3) is 5.91 Å². The first-order valence-electron chi connectivity index (χ1n) is 9.75. The Labute approximate surface area is 182 Å². The lowest BCUT2D eigenvalue weighted by molar-refractivity contribution is -0.120. The number of aromatic nitrogens is 2. The number of thiazole rings is 1. The minimum absolute atomic E-state index is 0.0271. The number of nitrogens with zero attached hydrogens (tertiary/aromatic N) is 3. The van der Waals surface area contributed by atoms with Crippen molar-refractivity contribution >= 4 is 32.6 Å². The van der Waals surface area contributed by atoms with Crippen LogP contribution in [0.2, 0.25) is 0 Å². The number of ether oxygens (including phenoxy) is 2. The zero-order valence-corrected chi connectivity index (χ0v) is 17.6. The topological polar surface area (TPSA) is 64.5 Å². The molecule has 0 atom stereocenters. The summed E-state index contributed by atoms with van der Waals surface area (Å²) in [5.74, 6) is -0.0945. The molecule has 0 aliphatic carbocycles. The predicted octanol–water partition coefficient (Wildman–Crippen LogP) is 4.84. The third kappa shape index (κ3) is 4.97. The van der Waals surface area contributed by atoms with Crippen molar-refractivity contribution < 1.29 is 18.7 Å². The van der Waals surface area contributed by atoms with E-state index in [2.05, 4.69) is 9.97 Å². The van der Waals surface area contributed by atoms with E-state index in [-0.39, 0.29) is 24.8 Å². The maximum Gasteiger partial charge on any atom is 0.267 e. The van der Waals surface area contributed by atoms with Gasteiger partial charge in [0.2, 0.25) is 0 Å². The molecule has 2 heterocycles. The van der Waals surface area contributed by atoms with Gasteiger partial charge in [-0.2, -0.15) is 0 Å². The van der Waals surface area contributed by atoms with Crippen molar-refractivity contribution in [2.24, 2.45) is 0 Å². The number of hydrogen-bond donors (Lipinski definition) is 0. The monoisotopic (exact) mass is 437 g/mol. The molecule has 0 aliphatic rings. The van der Waals surface area contributed by atoms with Gasteiger partial charge in [-0.25, -0.2) is 9.37 Å². The van der Waals surface area contributed by atoms with Crippen LogP contribution in [0.5, 0.6) is 11.5 Å². The van der Waals surface area contributed by atoms with E-state index in [4.69, 9.17) is 9.47 Å². The Morgan fingerprint density at radius 3 is 2.71 bits per heavy atom. The van der Waals surface area contributed by atoms with Gasteiger partial charge in [0.05, 0.1) is 29.1 Å². The molecule has 8 heteroatoms. The van der Waals surface area contributed by atoms with E-state index in [0.29, 0.717) is 17.4 Å². The van der Waals surface area contributed by atoms with Gasteiger partial charge in [0.1, 0.15) is 5.75 Å². The first-order chi connectivity index (χ1) is 15.1. The van der Waals surface area contributed by atoms with Crippen LogP contribution in [0.3, 0.4) is 0 Å². The molecule has 6 nitrogen and oxygen atoms in total. The van der Waals surface area contributed by atoms with E-state index < -0.39 is 5.82 Å². The third-order valence-corrected chi connectivity index (χ3v) is 5.47. The number of halogens is 1. The number of fused-ring (bicyclic) bond motifs is 1. The zero-order chi connectivity index (χ0) is 21.6. The van der Waals surface area contributed by atoms with Gasteiger partial charge in [-0.05, 0) is 49.4 Å². The van der Waals surface area contributed by atoms with Crippen LogP contribution in [0, 0.1) is 5.82 Å². The van der Waals surface area contributed by atoms with E-state index in [1.54, 1.807) is 18.3 Å². The lowest BCUT2D eigenvalue weighted by Gasteiger charge is -2.19. The summed E-state index contributed by atoms with van der Waals surface area (Å²) in [6.07, 6.45) is 1.67. The van der Waals surface area contributed by atoms with E-state index in [9.17, 15) is 9.18 Å². The summed E-state index contributed by atoms with van der Waals surface area (Å²) in [5, 5.41) is 0.511. The molecule has 31 heavy (non-hydrogen) atoms. The predicted molar refractivity (Wildman–Crippen MR) is 118 cm³/mol. The summed E-state index contributed by atoms with van der Waals surface area (Å²) in [7, 11) is 0. The molecule has 2 aromatic heterocycles. The number of hydrogen-bond acceptors (Lipinski definition) is 6. The summed E-state index contributed by atoms with van der Waals surface area (Å²) in [5.41, 5.74) is 1.47. The number of carbonyl (C=O) groups is 1. The molecule has 0 saturated carbocycles. The van der Waals surface area contributed by atoms with Gasteiger partial charge < -0.3 is 9.47 Å². The SMILES string of the molecule is CCOc1ccc2nc(N(Cc3ccccn3)C(=O)COc3ccccc3F)sc2c1. The van der Waals surface area contributed by atoms with Gasteiger partial charge in [0.15, 0.2) is 23.3 Å². The highest BCUT2D eigenvalue weighted by Gasteiger charge is 2.22. The Bertz CT molecular complexity index is 1180. The molecule has 158 valence electrons. The van der Waals surface area contributed by atoms with Crippen LogP contribution in [0.1, 0.15) is 12.6 Å². The average molecular weight is 437 g/mol. The van der Waals surface area contributed by atoms with Crippen LogP contribution in [-0.4, -0.2) is 29.1 Å². The molecule has 2 aromatic carbocycles. The van der Waals surface area contributed by atoms with Gasteiger partial charge in [-0.15, -0.1) is 0 Å². The summed E-state index contributed by atoms with van der Waals surface area (Å²) in [4.78, 5) is 23.5. The van der Waals surface area contributed by atoms with Crippen LogP contribution in [0.15, 0.2) is 66.9 Å². The van der Waals surface area contributed by atoms with Crippen molar-refractivity contribution in [1.29, 1.82) is 0 Å². The molecule has 0 aliphatic heterocycles. The fourth-order valence-corrected chi connectivity index (χ4v) is 3.97. The van der Waals surface area contributed by atoms with E-state index >= 15 is 0 Å².